The highest BCUT2D eigenvalue weighted by molar-refractivity contribution is 6.12. The maximum absolute atomic E-state index is 13.3. The molecule has 0 unspecified atom stereocenters. The maximum atomic E-state index is 13.3. The standard InChI is InChI=1S/C31H28N4O3/c1-19-3-10-27-25(15-19)26(17-29(36)33-27)30(37)34-28-16-24(7-4-20(28)2)31(38)35-13-11-23(12-14-35)22-8-5-21(18-32)6-9-22/h3-10,15-17,23H,11-14H2,1-2H3,(H,33,36)(H,34,37). The number of hydrogen-bond acceptors (Lipinski definition) is 4. The van der Waals surface area contributed by atoms with Gasteiger partial charge in [0.05, 0.1) is 17.2 Å². The number of fused-ring (bicyclic) bond motifs is 1. The maximum Gasteiger partial charge on any atom is 0.256 e. The molecule has 2 heterocycles. The number of amides is 2. The zero-order valence-electron chi connectivity index (χ0n) is 21.4. The van der Waals surface area contributed by atoms with Gasteiger partial charge in [0.2, 0.25) is 5.56 Å². The Kier molecular flexibility index (Phi) is 6.80. The number of likely N-dealkylation sites (tertiary alicyclic amines) is 1. The predicted octanol–water partition coefficient (Wildman–Crippen LogP) is 5.29. The van der Waals surface area contributed by atoms with E-state index in [1.54, 1.807) is 18.2 Å². The molecule has 0 saturated carbocycles. The van der Waals surface area contributed by atoms with Gasteiger partial charge in [-0.3, -0.25) is 14.4 Å². The number of hydrogen-bond donors (Lipinski definition) is 2. The number of benzene rings is 3. The summed E-state index contributed by atoms with van der Waals surface area (Å²) >= 11 is 0. The molecule has 2 N–H and O–H groups in total. The SMILES string of the molecule is Cc1ccc2[nH]c(=O)cc(C(=O)Nc3cc(C(=O)N4CCC(c5ccc(C#N)cc5)CC4)ccc3C)c2c1. The van der Waals surface area contributed by atoms with Crippen molar-refractivity contribution in [2.24, 2.45) is 0 Å². The van der Waals surface area contributed by atoms with E-state index in [4.69, 9.17) is 5.26 Å². The normalized spacial score (nSPS) is 13.8. The van der Waals surface area contributed by atoms with E-state index in [0.717, 1.165) is 24.0 Å². The van der Waals surface area contributed by atoms with Crippen molar-refractivity contribution < 1.29 is 9.59 Å². The van der Waals surface area contributed by atoms with Crippen molar-refractivity contribution in [1.29, 1.82) is 5.26 Å². The Morgan fingerprint density at radius 2 is 1.71 bits per heavy atom. The van der Waals surface area contributed by atoms with Gasteiger partial charge in [0.25, 0.3) is 11.8 Å². The van der Waals surface area contributed by atoms with Crippen molar-refractivity contribution in [3.05, 3.63) is 110 Å². The number of piperidine rings is 1. The first-order valence-electron chi connectivity index (χ1n) is 12.7. The van der Waals surface area contributed by atoms with E-state index in [1.807, 2.05) is 61.2 Å². The van der Waals surface area contributed by atoms with Gasteiger partial charge in [0, 0.05) is 41.3 Å². The van der Waals surface area contributed by atoms with Crippen molar-refractivity contribution in [3.8, 4) is 6.07 Å². The number of aryl methyl sites for hydroxylation is 2. The van der Waals surface area contributed by atoms with Gasteiger partial charge in [-0.2, -0.15) is 5.26 Å². The Bertz CT molecular complexity index is 1640. The summed E-state index contributed by atoms with van der Waals surface area (Å²) in [5, 5.41) is 12.6. The number of nitrogens with zero attached hydrogens (tertiary/aromatic N) is 2. The number of carbonyl (C=O) groups excluding carboxylic acids is 2. The molecule has 1 aliphatic heterocycles. The minimum atomic E-state index is -0.400. The summed E-state index contributed by atoms with van der Waals surface area (Å²) in [5.41, 5.74) is 5.21. The molecule has 0 bridgehead atoms. The Morgan fingerprint density at radius 3 is 2.42 bits per heavy atom. The number of nitrogens with one attached hydrogen (secondary N) is 2. The number of nitriles is 1. The van der Waals surface area contributed by atoms with Crippen LogP contribution < -0.4 is 10.9 Å². The molecule has 2 amide bonds. The molecule has 3 aromatic carbocycles. The molecule has 5 rings (SSSR count). The summed E-state index contributed by atoms with van der Waals surface area (Å²) < 4.78 is 0. The first-order valence-corrected chi connectivity index (χ1v) is 12.7. The van der Waals surface area contributed by atoms with Crippen molar-refractivity contribution in [2.45, 2.75) is 32.6 Å². The third kappa shape index (κ3) is 5.07. The van der Waals surface area contributed by atoms with Gasteiger partial charge < -0.3 is 15.2 Å². The van der Waals surface area contributed by atoms with Gasteiger partial charge in [-0.05, 0) is 80.1 Å². The lowest BCUT2D eigenvalue weighted by Crippen LogP contribution is -2.38. The highest BCUT2D eigenvalue weighted by Crippen LogP contribution is 2.29. The molecule has 0 radical (unpaired) electrons. The summed E-state index contributed by atoms with van der Waals surface area (Å²) in [7, 11) is 0. The second kappa shape index (κ2) is 10.3. The summed E-state index contributed by atoms with van der Waals surface area (Å²) in [6.45, 7) is 5.07. The molecule has 1 fully saturated rings. The molecule has 190 valence electrons. The van der Waals surface area contributed by atoms with Gasteiger partial charge in [-0.25, -0.2) is 0 Å². The first-order chi connectivity index (χ1) is 18.3. The van der Waals surface area contributed by atoms with Crippen LogP contribution in [0.15, 0.2) is 71.5 Å². The lowest BCUT2D eigenvalue weighted by Gasteiger charge is -2.32. The van der Waals surface area contributed by atoms with E-state index >= 15 is 0 Å². The molecule has 7 nitrogen and oxygen atoms in total. The second-order valence-corrected chi connectivity index (χ2v) is 9.88. The van der Waals surface area contributed by atoms with Crippen LogP contribution in [0.25, 0.3) is 10.9 Å². The van der Waals surface area contributed by atoms with E-state index in [9.17, 15) is 14.4 Å². The first kappa shape index (κ1) is 25.0. The smallest absolute Gasteiger partial charge is 0.256 e. The molecule has 1 aromatic heterocycles. The third-order valence-corrected chi connectivity index (χ3v) is 7.27. The summed E-state index contributed by atoms with van der Waals surface area (Å²) in [4.78, 5) is 43.4. The minimum Gasteiger partial charge on any atom is -0.339 e. The largest absolute Gasteiger partial charge is 0.339 e. The van der Waals surface area contributed by atoms with Crippen molar-refractivity contribution in [2.75, 3.05) is 18.4 Å². The zero-order valence-corrected chi connectivity index (χ0v) is 21.4. The van der Waals surface area contributed by atoms with Gasteiger partial charge in [0.15, 0.2) is 0 Å². The Morgan fingerprint density at radius 1 is 0.974 bits per heavy atom. The average molecular weight is 505 g/mol. The molecule has 1 saturated heterocycles. The summed E-state index contributed by atoms with van der Waals surface area (Å²) in [6.07, 6.45) is 1.70. The van der Waals surface area contributed by atoms with Crippen molar-refractivity contribution >= 4 is 28.4 Å². The number of carbonyl (C=O) groups is 2. The fraction of sp³-hybridized carbons (Fsp3) is 0.226. The fourth-order valence-electron chi connectivity index (χ4n) is 5.06. The van der Waals surface area contributed by atoms with Crippen molar-refractivity contribution in [3.63, 3.8) is 0 Å². The molecule has 0 aliphatic carbocycles. The Labute approximate surface area is 220 Å². The lowest BCUT2D eigenvalue weighted by atomic mass is 9.89. The molecule has 7 heteroatoms. The van der Waals surface area contributed by atoms with Gasteiger partial charge in [-0.1, -0.05) is 29.8 Å². The fourth-order valence-corrected chi connectivity index (χ4v) is 5.06. The van der Waals surface area contributed by atoms with Crippen LogP contribution in [0.5, 0.6) is 0 Å². The molecule has 0 atom stereocenters. The molecule has 4 aromatic rings. The summed E-state index contributed by atoms with van der Waals surface area (Å²) in [5.74, 6) is -0.120. The van der Waals surface area contributed by atoms with E-state index in [0.29, 0.717) is 46.7 Å². The van der Waals surface area contributed by atoms with E-state index in [-0.39, 0.29) is 17.0 Å². The number of H-pyrrole nitrogens is 1. The van der Waals surface area contributed by atoms with Gasteiger partial charge in [-0.15, -0.1) is 0 Å². The monoisotopic (exact) mass is 504 g/mol. The number of rotatable bonds is 4. The Hall–Kier alpha value is -4.70. The van der Waals surface area contributed by atoms with E-state index < -0.39 is 5.91 Å². The second-order valence-electron chi connectivity index (χ2n) is 9.88. The van der Waals surface area contributed by atoms with Crippen LogP contribution in [0.2, 0.25) is 0 Å². The van der Waals surface area contributed by atoms with Crippen LogP contribution in [0.1, 0.15) is 61.7 Å². The molecule has 1 aliphatic rings. The molecular formula is C31H28N4O3. The lowest BCUT2D eigenvalue weighted by molar-refractivity contribution is 0.0712. The number of aromatic nitrogens is 1. The van der Waals surface area contributed by atoms with Crippen molar-refractivity contribution in [1.82, 2.24) is 9.88 Å². The minimum absolute atomic E-state index is 0.0731. The van der Waals surface area contributed by atoms with Gasteiger partial charge >= 0.3 is 0 Å². The van der Waals surface area contributed by atoms with E-state index in [1.165, 1.54) is 11.6 Å². The summed E-state index contributed by atoms with van der Waals surface area (Å²) in [6, 6.07) is 22.0. The van der Waals surface area contributed by atoms with Crippen LogP contribution in [-0.4, -0.2) is 34.8 Å². The van der Waals surface area contributed by atoms with Crippen LogP contribution in [0, 0.1) is 25.2 Å². The van der Waals surface area contributed by atoms with E-state index in [2.05, 4.69) is 16.4 Å². The van der Waals surface area contributed by atoms with Crippen LogP contribution >= 0.6 is 0 Å². The van der Waals surface area contributed by atoms with Crippen LogP contribution in [-0.2, 0) is 0 Å². The molecular weight excluding hydrogens is 476 g/mol. The number of pyridine rings is 1. The Balaban J connectivity index is 1.31. The predicted molar refractivity (Wildman–Crippen MR) is 147 cm³/mol. The van der Waals surface area contributed by atoms with Gasteiger partial charge in [0.1, 0.15) is 0 Å². The van der Waals surface area contributed by atoms with Crippen LogP contribution in [0.3, 0.4) is 0 Å². The number of aromatic amines is 1. The quantitative estimate of drug-likeness (QED) is 0.394. The highest BCUT2D eigenvalue weighted by atomic mass is 16.2. The highest BCUT2D eigenvalue weighted by Gasteiger charge is 2.25. The third-order valence-electron chi connectivity index (χ3n) is 7.27. The molecule has 38 heavy (non-hydrogen) atoms. The average Bonchev–Trinajstić information content (AvgIpc) is 2.93. The number of anilines is 1. The van der Waals surface area contributed by atoms with Crippen LogP contribution in [0.4, 0.5) is 5.69 Å². The topological polar surface area (TPSA) is 106 Å². The zero-order chi connectivity index (χ0) is 26.8. The molecule has 0 spiro atoms.